The zero-order valence-electron chi connectivity index (χ0n) is 15.6. The highest BCUT2D eigenvalue weighted by Gasteiger charge is 2.17. The van der Waals surface area contributed by atoms with Gasteiger partial charge in [-0.05, 0) is 43.3 Å². The van der Waals surface area contributed by atoms with Crippen LogP contribution in [0.5, 0.6) is 0 Å². The van der Waals surface area contributed by atoms with Crippen LogP contribution in [0.1, 0.15) is 21.8 Å². The summed E-state index contributed by atoms with van der Waals surface area (Å²) < 4.78 is 10.9. The standard InChI is InChI=1S/C22H17N3O3S/c1-15-9-11-17(12-10-15)29-21-18(8-5-13-23-21)22(26)27-14-19-24-25-20(28-19)16-6-3-2-4-7-16/h2-13H,14H2,1H3. The summed E-state index contributed by atoms with van der Waals surface area (Å²) in [6, 6.07) is 20.8. The normalized spacial score (nSPS) is 10.7. The van der Waals surface area contributed by atoms with Gasteiger partial charge in [0.1, 0.15) is 5.03 Å². The van der Waals surface area contributed by atoms with Crippen LogP contribution in [0, 0.1) is 6.92 Å². The maximum absolute atomic E-state index is 12.6. The number of esters is 1. The number of nitrogens with zero attached hydrogens (tertiary/aromatic N) is 3. The Labute approximate surface area is 172 Å². The lowest BCUT2D eigenvalue weighted by molar-refractivity contribution is 0.0433. The van der Waals surface area contributed by atoms with E-state index in [1.807, 2.05) is 61.5 Å². The first-order valence-electron chi connectivity index (χ1n) is 8.93. The van der Waals surface area contributed by atoms with Gasteiger partial charge < -0.3 is 9.15 Å². The van der Waals surface area contributed by atoms with E-state index >= 15 is 0 Å². The van der Waals surface area contributed by atoms with Crippen molar-refractivity contribution in [3.05, 3.63) is 89.9 Å². The van der Waals surface area contributed by atoms with Crippen LogP contribution in [0.3, 0.4) is 0 Å². The third kappa shape index (κ3) is 4.70. The molecule has 0 N–H and O–H groups in total. The summed E-state index contributed by atoms with van der Waals surface area (Å²) in [5, 5.41) is 8.52. The number of rotatable bonds is 6. The smallest absolute Gasteiger partial charge is 0.341 e. The van der Waals surface area contributed by atoms with Gasteiger partial charge in [-0.2, -0.15) is 0 Å². The summed E-state index contributed by atoms with van der Waals surface area (Å²) in [7, 11) is 0. The van der Waals surface area contributed by atoms with E-state index < -0.39 is 5.97 Å². The third-order valence-electron chi connectivity index (χ3n) is 4.04. The molecule has 7 heteroatoms. The lowest BCUT2D eigenvalue weighted by Crippen LogP contribution is -2.07. The summed E-state index contributed by atoms with van der Waals surface area (Å²) >= 11 is 1.41. The maximum atomic E-state index is 12.6. The molecule has 4 aromatic rings. The zero-order chi connectivity index (χ0) is 20.1. The average Bonchev–Trinajstić information content (AvgIpc) is 3.24. The van der Waals surface area contributed by atoms with Gasteiger partial charge in [-0.1, -0.05) is 47.7 Å². The highest BCUT2D eigenvalue weighted by Crippen LogP contribution is 2.29. The molecule has 0 aliphatic carbocycles. The molecule has 0 spiro atoms. The van der Waals surface area contributed by atoms with Crippen LogP contribution in [-0.2, 0) is 11.3 Å². The Morgan fingerprint density at radius 1 is 1.00 bits per heavy atom. The van der Waals surface area contributed by atoms with Crippen molar-refractivity contribution in [2.45, 2.75) is 23.5 Å². The predicted molar refractivity (Wildman–Crippen MR) is 108 cm³/mol. The van der Waals surface area contributed by atoms with Crippen LogP contribution in [0.2, 0.25) is 0 Å². The molecular weight excluding hydrogens is 386 g/mol. The van der Waals surface area contributed by atoms with Crippen molar-refractivity contribution in [3.63, 3.8) is 0 Å². The Kier molecular flexibility index (Phi) is 5.67. The fourth-order valence-electron chi connectivity index (χ4n) is 2.56. The van der Waals surface area contributed by atoms with Crippen LogP contribution in [0.15, 0.2) is 87.3 Å². The summed E-state index contributed by atoms with van der Waals surface area (Å²) in [4.78, 5) is 17.9. The number of carbonyl (C=O) groups is 1. The van der Waals surface area contributed by atoms with Gasteiger partial charge in [-0.15, -0.1) is 10.2 Å². The lowest BCUT2D eigenvalue weighted by Gasteiger charge is -2.07. The fraction of sp³-hybridized carbons (Fsp3) is 0.0909. The van der Waals surface area contributed by atoms with E-state index in [2.05, 4.69) is 15.2 Å². The van der Waals surface area contributed by atoms with Gasteiger partial charge in [-0.25, -0.2) is 9.78 Å². The van der Waals surface area contributed by atoms with Crippen molar-refractivity contribution in [1.29, 1.82) is 0 Å². The Morgan fingerprint density at radius 3 is 2.59 bits per heavy atom. The molecule has 0 saturated carbocycles. The molecule has 144 valence electrons. The van der Waals surface area contributed by atoms with Gasteiger partial charge in [0.05, 0.1) is 5.56 Å². The van der Waals surface area contributed by atoms with Crippen molar-refractivity contribution in [2.75, 3.05) is 0 Å². The number of aryl methyl sites for hydroxylation is 1. The predicted octanol–water partition coefficient (Wildman–Crippen LogP) is 4.95. The summed E-state index contributed by atoms with van der Waals surface area (Å²) in [6.07, 6.45) is 1.65. The van der Waals surface area contributed by atoms with Crippen LogP contribution in [0.4, 0.5) is 0 Å². The quantitative estimate of drug-likeness (QED) is 0.422. The Hall–Kier alpha value is -3.45. The van der Waals surface area contributed by atoms with Crippen molar-refractivity contribution in [2.24, 2.45) is 0 Å². The van der Waals surface area contributed by atoms with E-state index in [1.54, 1.807) is 18.3 Å². The number of ether oxygens (including phenoxy) is 1. The molecule has 0 amide bonds. The maximum Gasteiger partial charge on any atom is 0.341 e. The van der Waals surface area contributed by atoms with Gasteiger partial charge in [0, 0.05) is 16.7 Å². The minimum atomic E-state index is -0.493. The topological polar surface area (TPSA) is 78.1 Å². The van der Waals surface area contributed by atoms with Crippen LogP contribution < -0.4 is 0 Å². The molecule has 2 heterocycles. The third-order valence-corrected chi connectivity index (χ3v) is 5.07. The molecule has 29 heavy (non-hydrogen) atoms. The molecule has 0 aliphatic rings. The molecule has 6 nitrogen and oxygen atoms in total. The molecule has 4 rings (SSSR count). The first-order chi connectivity index (χ1) is 14.2. The van der Waals surface area contributed by atoms with Gasteiger partial charge in [0.15, 0.2) is 6.61 Å². The van der Waals surface area contributed by atoms with E-state index in [0.29, 0.717) is 16.5 Å². The zero-order valence-corrected chi connectivity index (χ0v) is 16.4. The van der Waals surface area contributed by atoms with Crippen molar-refractivity contribution < 1.29 is 13.9 Å². The van der Waals surface area contributed by atoms with E-state index in [1.165, 1.54) is 17.3 Å². The van der Waals surface area contributed by atoms with Gasteiger partial charge in [0.25, 0.3) is 5.89 Å². The molecule has 2 aromatic carbocycles. The van der Waals surface area contributed by atoms with Crippen molar-refractivity contribution >= 4 is 17.7 Å². The molecule has 0 atom stereocenters. The van der Waals surface area contributed by atoms with Crippen LogP contribution >= 0.6 is 11.8 Å². The molecule has 0 radical (unpaired) electrons. The second kappa shape index (κ2) is 8.70. The molecule has 0 bridgehead atoms. The summed E-state index contributed by atoms with van der Waals surface area (Å²) in [5.74, 6) is 0.120. The Balaban J connectivity index is 1.44. The SMILES string of the molecule is Cc1ccc(Sc2ncccc2C(=O)OCc2nnc(-c3ccccc3)o2)cc1. The first-order valence-corrected chi connectivity index (χ1v) is 9.75. The second-order valence-corrected chi connectivity index (χ2v) is 7.28. The van der Waals surface area contributed by atoms with E-state index in [9.17, 15) is 4.79 Å². The van der Waals surface area contributed by atoms with E-state index in [0.717, 1.165) is 10.5 Å². The van der Waals surface area contributed by atoms with Crippen molar-refractivity contribution in [3.8, 4) is 11.5 Å². The molecular formula is C22H17N3O3S. The molecule has 2 aromatic heterocycles. The molecule has 0 aliphatic heterocycles. The minimum absolute atomic E-state index is 0.109. The monoisotopic (exact) mass is 403 g/mol. The first kappa shape index (κ1) is 18.9. The number of aromatic nitrogens is 3. The number of hydrogen-bond acceptors (Lipinski definition) is 7. The lowest BCUT2D eigenvalue weighted by atomic mass is 10.2. The highest BCUT2D eigenvalue weighted by atomic mass is 32.2. The molecule has 0 fully saturated rings. The van der Waals surface area contributed by atoms with Crippen LogP contribution in [-0.4, -0.2) is 21.2 Å². The van der Waals surface area contributed by atoms with Gasteiger partial charge in [-0.3, -0.25) is 0 Å². The van der Waals surface area contributed by atoms with E-state index in [-0.39, 0.29) is 12.5 Å². The van der Waals surface area contributed by atoms with Gasteiger partial charge >= 0.3 is 5.97 Å². The Bertz CT molecular complexity index is 1110. The van der Waals surface area contributed by atoms with Gasteiger partial charge in [0.2, 0.25) is 5.89 Å². The number of carbonyl (C=O) groups excluding carboxylic acids is 1. The summed E-state index contributed by atoms with van der Waals surface area (Å²) in [5.41, 5.74) is 2.37. The molecule has 0 saturated heterocycles. The highest BCUT2D eigenvalue weighted by molar-refractivity contribution is 7.99. The number of hydrogen-bond donors (Lipinski definition) is 0. The van der Waals surface area contributed by atoms with Crippen molar-refractivity contribution in [1.82, 2.24) is 15.2 Å². The van der Waals surface area contributed by atoms with Crippen LogP contribution in [0.25, 0.3) is 11.5 Å². The van der Waals surface area contributed by atoms with E-state index in [4.69, 9.17) is 9.15 Å². The Morgan fingerprint density at radius 2 is 1.79 bits per heavy atom. The fourth-order valence-corrected chi connectivity index (χ4v) is 3.43. The average molecular weight is 403 g/mol. The largest absolute Gasteiger partial charge is 0.452 e. The minimum Gasteiger partial charge on any atom is -0.452 e. The summed E-state index contributed by atoms with van der Waals surface area (Å²) in [6.45, 7) is 1.92. The molecule has 0 unspecified atom stereocenters. The second-order valence-electron chi connectivity index (χ2n) is 6.21. The number of pyridine rings is 1. The number of benzene rings is 2.